The Bertz CT molecular complexity index is 616. The standard InChI is InChI=1S/C10H9BrN2O4/c11-4-1-5-12-8-6-7(13(15)16)2-3-9(8)17-10(12)14/h2-3,6H,1,4-5H2. The second-order valence-corrected chi connectivity index (χ2v) is 4.26. The van der Waals surface area contributed by atoms with Crippen LogP contribution in [0.1, 0.15) is 6.42 Å². The molecule has 1 aromatic heterocycles. The SMILES string of the molecule is O=c1oc2ccc([N+](=O)[O-])cc2n1CCCBr. The first-order chi connectivity index (χ1) is 8.13. The lowest BCUT2D eigenvalue weighted by Crippen LogP contribution is -2.14. The minimum Gasteiger partial charge on any atom is -0.408 e. The zero-order chi connectivity index (χ0) is 12.4. The molecule has 6 nitrogen and oxygen atoms in total. The topological polar surface area (TPSA) is 78.3 Å². The number of nitrogens with zero attached hydrogens (tertiary/aromatic N) is 2. The minimum atomic E-state index is -0.494. The van der Waals surface area contributed by atoms with E-state index in [9.17, 15) is 14.9 Å². The lowest BCUT2D eigenvalue weighted by atomic mass is 10.3. The van der Waals surface area contributed by atoms with Crippen molar-refractivity contribution in [2.45, 2.75) is 13.0 Å². The molecule has 0 amide bonds. The zero-order valence-electron chi connectivity index (χ0n) is 8.76. The highest BCUT2D eigenvalue weighted by Crippen LogP contribution is 2.20. The van der Waals surface area contributed by atoms with Crippen LogP contribution in [0.4, 0.5) is 5.69 Å². The molecule has 2 rings (SSSR count). The highest BCUT2D eigenvalue weighted by molar-refractivity contribution is 9.09. The summed E-state index contributed by atoms with van der Waals surface area (Å²) in [5, 5.41) is 11.4. The molecule has 0 radical (unpaired) electrons. The molecule has 0 atom stereocenters. The fourth-order valence-corrected chi connectivity index (χ4v) is 1.84. The van der Waals surface area contributed by atoms with Gasteiger partial charge in [0.1, 0.15) is 0 Å². The van der Waals surface area contributed by atoms with Crippen LogP contribution in [-0.2, 0) is 6.54 Å². The van der Waals surface area contributed by atoms with Crippen molar-refractivity contribution in [3.63, 3.8) is 0 Å². The molecular weight excluding hydrogens is 292 g/mol. The Kier molecular flexibility index (Phi) is 3.28. The third-order valence-electron chi connectivity index (χ3n) is 2.38. The van der Waals surface area contributed by atoms with Crippen LogP contribution >= 0.6 is 15.9 Å². The average molecular weight is 301 g/mol. The summed E-state index contributed by atoms with van der Waals surface area (Å²) in [5.41, 5.74) is 0.784. The summed E-state index contributed by atoms with van der Waals surface area (Å²) in [7, 11) is 0. The Morgan fingerprint density at radius 1 is 1.47 bits per heavy atom. The summed E-state index contributed by atoms with van der Waals surface area (Å²) in [6.07, 6.45) is 0.747. The second-order valence-electron chi connectivity index (χ2n) is 3.47. The first kappa shape index (κ1) is 11.8. The normalized spacial score (nSPS) is 10.9. The van der Waals surface area contributed by atoms with Gasteiger partial charge >= 0.3 is 5.76 Å². The number of rotatable bonds is 4. The minimum absolute atomic E-state index is 0.0501. The molecule has 0 saturated carbocycles. The number of alkyl halides is 1. The maximum Gasteiger partial charge on any atom is 0.419 e. The van der Waals surface area contributed by atoms with E-state index in [2.05, 4.69) is 15.9 Å². The molecule has 1 heterocycles. The van der Waals surface area contributed by atoms with Gasteiger partial charge < -0.3 is 4.42 Å². The first-order valence-corrected chi connectivity index (χ1v) is 6.09. The summed E-state index contributed by atoms with van der Waals surface area (Å²) in [6.45, 7) is 0.470. The van der Waals surface area contributed by atoms with Crippen LogP contribution in [0, 0.1) is 10.1 Å². The van der Waals surface area contributed by atoms with Crippen LogP contribution in [0.5, 0.6) is 0 Å². The van der Waals surface area contributed by atoms with E-state index in [-0.39, 0.29) is 5.69 Å². The third kappa shape index (κ3) is 2.23. The zero-order valence-corrected chi connectivity index (χ0v) is 10.3. The Morgan fingerprint density at radius 3 is 2.88 bits per heavy atom. The number of benzene rings is 1. The van der Waals surface area contributed by atoms with Gasteiger partial charge in [-0.25, -0.2) is 4.79 Å². The number of halogens is 1. The van der Waals surface area contributed by atoms with Gasteiger partial charge in [-0.3, -0.25) is 14.7 Å². The van der Waals surface area contributed by atoms with Gasteiger partial charge in [-0.1, -0.05) is 15.9 Å². The van der Waals surface area contributed by atoms with Crippen molar-refractivity contribution in [2.75, 3.05) is 5.33 Å². The highest BCUT2D eigenvalue weighted by Gasteiger charge is 2.13. The van der Waals surface area contributed by atoms with Gasteiger partial charge in [0.05, 0.1) is 10.4 Å². The Hall–Kier alpha value is -1.63. The van der Waals surface area contributed by atoms with Crippen molar-refractivity contribution in [3.8, 4) is 0 Å². The average Bonchev–Trinajstić information content (AvgIpc) is 2.61. The Morgan fingerprint density at radius 2 is 2.24 bits per heavy atom. The third-order valence-corrected chi connectivity index (χ3v) is 2.94. The number of nitro groups is 1. The van der Waals surface area contributed by atoms with Crippen LogP contribution in [0.15, 0.2) is 27.4 Å². The van der Waals surface area contributed by atoms with Crippen molar-refractivity contribution in [1.29, 1.82) is 0 Å². The van der Waals surface area contributed by atoms with Gasteiger partial charge in [0.25, 0.3) is 5.69 Å². The quantitative estimate of drug-likeness (QED) is 0.493. The maximum atomic E-state index is 11.5. The number of aromatic nitrogens is 1. The van der Waals surface area contributed by atoms with E-state index in [0.29, 0.717) is 17.6 Å². The molecule has 0 N–H and O–H groups in total. The number of hydrogen-bond acceptors (Lipinski definition) is 4. The number of hydrogen-bond donors (Lipinski definition) is 0. The van der Waals surface area contributed by atoms with Crippen molar-refractivity contribution in [2.24, 2.45) is 0 Å². The summed E-state index contributed by atoms with van der Waals surface area (Å²) in [4.78, 5) is 21.7. The summed E-state index contributed by atoms with van der Waals surface area (Å²) < 4.78 is 6.41. The molecule has 0 saturated heterocycles. The molecular formula is C10H9BrN2O4. The van der Waals surface area contributed by atoms with E-state index in [1.165, 1.54) is 22.8 Å². The van der Waals surface area contributed by atoms with Crippen molar-refractivity contribution in [1.82, 2.24) is 4.57 Å². The first-order valence-electron chi connectivity index (χ1n) is 4.97. The maximum absolute atomic E-state index is 11.5. The van der Waals surface area contributed by atoms with Gasteiger partial charge in [0.2, 0.25) is 0 Å². The van der Waals surface area contributed by atoms with Gasteiger partial charge in [-0.15, -0.1) is 0 Å². The monoisotopic (exact) mass is 300 g/mol. The smallest absolute Gasteiger partial charge is 0.408 e. The fraction of sp³-hybridized carbons (Fsp3) is 0.300. The van der Waals surface area contributed by atoms with Crippen molar-refractivity contribution < 1.29 is 9.34 Å². The van der Waals surface area contributed by atoms with E-state index < -0.39 is 10.7 Å². The van der Waals surface area contributed by atoms with Crippen LogP contribution in [0.3, 0.4) is 0 Å². The lowest BCUT2D eigenvalue weighted by molar-refractivity contribution is -0.384. The number of aryl methyl sites for hydroxylation is 1. The predicted molar refractivity (Wildman–Crippen MR) is 65.5 cm³/mol. The molecule has 90 valence electrons. The van der Waals surface area contributed by atoms with Crippen molar-refractivity contribution in [3.05, 3.63) is 38.9 Å². The van der Waals surface area contributed by atoms with E-state index in [1.807, 2.05) is 0 Å². The molecule has 0 aliphatic rings. The molecule has 1 aromatic carbocycles. The van der Waals surface area contributed by atoms with E-state index in [1.54, 1.807) is 0 Å². The van der Waals surface area contributed by atoms with Gasteiger partial charge in [0, 0.05) is 24.0 Å². The Balaban J connectivity index is 2.57. The number of nitro benzene ring substituents is 1. The van der Waals surface area contributed by atoms with Crippen LogP contribution in [-0.4, -0.2) is 14.8 Å². The van der Waals surface area contributed by atoms with E-state index >= 15 is 0 Å². The van der Waals surface area contributed by atoms with Crippen molar-refractivity contribution >= 4 is 32.7 Å². The van der Waals surface area contributed by atoms with Gasteiger partial charge in [-0.05, 0) is 12.5 Å². The second kappa shape index (κ2) is 4.70. The summed E-state index contributed by atoms with van der Waals surface area (Å²) >= 11 is 3.27. The summed E-state index contributed by atoms with van der Waals surface area (Å²) in [5.74, 6) is -0.485. The van der Waals surface area contributed by atoms with Gasteiger partial charge in [-0.2, -0.15) is 0 Å². The molecule has 0 aliphatic heterocycles. The molecule has 0 bridgehead atoms. The molecule has 0 unspecified atom stereocenters. The lowest BCUT2D eigenvalue weighted by Gasteiger charge is -1.99. The molecule has 2 aromatic rings. The molecule has 17 heavy (non-hydrogen) atoms. The van der Waals surface area contributed by atoms with E-state index in [4.69, 9.17) is 4.42 Å². The highest BCUT2D eigenvalue weighted by atomic mass is 79.9. The number of fused-ring (bicyclic) bond motifs is 1. The largest absolute Gasteiger partial charge is 0.419 e. The summed E-state index contributed by atoms with van der Waals surface area (Å²) in [6, 6.07) is 4.12. The molecule has 0 spiro atoms. The molecule has 0 fully saturated rings. The van der Waals surface area contributed by atoms with E-state index in [0.717, 1.165) is 11.8 Å². The molecule has 0 aliphatic carbocycles. The molecule has 7 heteroatoms. The van der Waals surface area contributed by atoms with Crippen LogP contribution in [0.25, 0.3) is 11.1 Å². The van der Waals surface area contributed by atoms with Crippen LogP contribution in [0.2, 0.25) is 0 Å². The van der Waals surface area contributed by atoms with Crippen LogP contribution < -0.4 is 5.76 Å². The fourth-order valence-electron chi connectivity index (χ4n) is 1.59. The number of oxazole rings is 1. The number of non-ortho nitro benzene ring substituents is 1. The Labute approximate surface area is 104 Å². The van der Waals surface area contributed by atoms with Gasteiger partial charge in [0.15, 0.2) is 5.58 Å². The predicted octanol–water partition coefficient (Wildman–Crippen LogP) is 2.29.